The molecule has 0 bridgehead atoms. The van der Waals surface area contributed by atoms with Crippen LogP contribution in [-0.2, 0) is 0 Å². The van der Waals surface area contributed by atoms with Crippen molar-refractivity contribution in [3.63, 3.8) is 0 Å². The van der Waals surface area contributed by atoms with E-state index in [2.05, 4.69) is 4.99 Å². The van der Waals surface area contributed by atoms with Crippen LogP contribution in [0.5, 0.6) is 0 Å². The maximum Gasteiger partial charge on any atom is 0.0626 e. The van der Waals surface area contributed by atoms with E-state index in [1.165, 1.54) is 18.6 Å². The third-order valence-corrected chi connectivity index (χ3v) is 1.76. The molecule has 10 heavy (non-hydrogen) atoms. The highest BCUT2D eigenvalue weighted by atomic mass is 16.3. The lowest BCUT2D eigenvalue weighted by atomic mass is 10.2. The second-order valence-electron chi connectivity index (χ2n) is 2.99. The van der Waals surface area contributed by atoms with Gasteiger partial charge in [-0.05, 0) is 32.1 Å². The molecule has 1 aliphatic rings. The van der Waals surface area contributed by atoms with Crippen molar-refractivity contribution >= 4 is 5.71 Å². The minimum atomic E-state index is 0.183. The number of hydrogen-bond donors (Lipinski definition) is 1. The first-order chi connectivity index (χ1) is 4.83. The van der Waals surface area contributed by atoms with Gasteiger partial charge in [-0.1, -0.05) is 0 Å². The first-order valence-electron chi connectivity index (χ1n) is 3.93. The van der Waals surface area contributed by atoms with Crippen molar-refractivity contribution in [2.75, 3.05) is 13.2 Å². The molecule has 0 aliphatic heterocycles. The van der Waals surface area contributed by atoms with E-state index >= 15 is 0 Å². The number of nitrogens with zero attached hydrogens (tertiary/aromatic N) is 1. The average Bonchev–Trinajstić information content (AvgIpc) is 2.67. The summed E-state index contributed by atoms with van der Waals surface area (Å²) < 4.78 is 0. The van der Waals surface area contributed by atoms with Gasteiger partial charge in [-0.2, -0.15) is 0 Å². The van der Waals surface area contributed by atoms with Gasteiger partial charge in [0.15, 0.2) is 0 Å². The largest absolute Gasteiger partial charge is 0.394 e. The number of hydrogen-bond acceptors (Lipinski definition) is 2. The van der Waals surface area contributed by atoms with Crippen molar-refractivity contribution in [2.24, 2.45) is 10.9 Å². The summed E-state index contributed by atoms with van der Waals surface area (Å²) in [5, 5.41) is 8.46. The van der Waals surface area contributed by atoms with Crippen LogP contribution in [-0.4, -0.2) is 24.0 Å². The van der Waals surface area contributed by atoms with Crippen LogP contribution < -0.4 is 0 Å². The summed E-state index contributed by atoms with van der Waals surface area (Å²) in [6, 6.07) is 0. The van der Waals surface area contributed by atoms with E-state index in [0.29, 0.717) is 6.54 Å². The molecule has 0 heterocycles. The van der Waals surface area contributed by atoms with E-state index in [0.717, 1.165) is 12.3 Å². The Hall–Kier alpha value is -0.370. The molecule has 0 radical (unpaired) electrons. The van der Waals surface area contributed by atoms with Gasteiger partial charge in [-0.25, -0.2) is 0 Å². The average molecular weight is 141 g/mol. The number of aliphatic hydroxyl groups excluding tert-OH is 1. The van der Waals surface area contributed by atoms with E-state index in [1.54, 1.807) is 0 Å². The van der Waals surface area contributed by atoms with Crippen LogP contribution in [0.3, 0.4) is 0 Å². The quantitative estimate of drug-likeness (QED) is 0.587. The Bertz CT molecular complexity index is 127. The highest BCUT2D eigenvalue weighted by molar-refractivity contribution is 5.82. The predicted octanol–water partition coefficient (Wildman–Crippen LogP) is 1.24. The second kappa shape index (κ2) is 3.71. The van der Waals surface area contributed by atoms with Gasteiger partial charge >= 0.3 is 0 Å². The molecule has 0 spiro atoms. The van der Waals surface area contributed by atoms with E-state index in [-0.39, 0.29) is 6.61 Å². The molecule has 0 atom stereocenters. The fraction of sp³-hybridized carbons (Fsp3) is 0.875. The van der Waals surface area contributed by atoms with Gasteiger partial charge in [0.2, 0.25) is 0 Å². The molecule has 0 aromatic heterocycles. The molecule has 1 fully saturated rings. The molecule has 0 unspecified atom stereocenters. The first kappa shape index (κ1) is 7.73. The Morgan fingerprint density at radius 3 is 2.80 bits per heavy atom. The van der Waals surface area contributed by atoms with Crippen LogP contribution in [0.2, 0.25) is 0 Å². The molecule has 0 saturated heterocycles. The zero-order chi connectivity index (χ0) is 7.40. The van der Waals surface area contributed by atoms with Gasteiger partial charge in [0, 0.05) is 5.71 Å². The first-order valence-corrected chi connectivity index (χ1v) is 3.93. The minimum Gasteiger partial charge on any atom is -0.394 e. The number of aliphatic imine (C=N–C) groups is 1. The van der Waals surface area contributed by atoms with E-state index in [4.69, 9.17) is 5.11 Å². The molecule has 2 heteroatoms. The van der Waals surface area contributed by atoms with Crippen molar-refractivity contribution in [3.05, 3.63) is 0 Å². The summed E-state index contributed by atoms with van der Waals surface area (Å²) in [6.07, 6.45) is 3.91. The zero-order valence-electron chi connectivity index (χ0n) is 6.51. The molecule has 0 amide bonds. The van der Waals surface area contributed by atoms with Gasteiger partial charge in [-0.15, -0.1) is 0 Å². The van der Waals surface area contributed by atoms with Gasteiger partial charge in [0.1, 0.15) is 0 Å². The van der Waals surface area contributed by atoms with Gasteiger partial charge in [-0.3, -0.25) is 4.99 Å². The lowest BCUT2D eigenvalue weighted by Crippen LogP contribution is -1.97. The standard InChI is InChI=1S/C8H15NO/c1-7(9-4-5-10)6-8-2-3-8/h8,10H,2-6H2,1H3. The molecular weight excluding hydrogens is 126 g/mol. The van der Waals surface area contributed by atoms with Crippen LogP contribution >= 0.6 is 0 Å². The third kappa shape index (κ3) is 2.97. The number of aliphatic hydroxyl groups is 1. The fourth-order valence-corrected chi connectivity index (χ4v) is 1.05. The summed E-state index contributed by atoms with van der Waals surface area (Å²) in [6.45, 7) is 2.81. The van der Waals surface area contributed by atoms with Crippen LogP contribution in [0, 0.1) is 5.92 Å². The van der Waals surface area contributed by atoms with Gasteiger partial charge < -0.3 is 5.11 Å². The van der Waals surface area contributed by atoms with E-state index in [9.17, 15) is 0 Å². The van der Waals surface area contributed by atoms with Gasteiger partial charge in [0.25, 0.3) is 0 Å². The molecule has 0 aromatic carbocycles. The lowest BCUT2D eigenvalue weighted by Gasteiger charge is -1.95. The Kier molecular flexibility index (Phi) is 2.87. The monoisotopic (exact) mass is 141 g/mol. The van der Waals surface area contributed by atoms with E-state index < -0.39 is 0 Å². The molecule has 0 aromatic rings. The molecule has 58 valence electrons. The maximum absolute atomic E-state index is 8.46. The minimum absolute atomic E-state index is 0.183. The zero-order valence-corrected chi connectivity index (χ0v) is 6.51. The molecule has 1 saturated carbocycles. The molecule has 1 rings (SSSR count). The Morgan fingerprint density at radius 1 is 1.60 bits per heavy atom. The normalized spacial score (nSPS) is 19.6. The van der Waals surface area contributed by atoms with Crippen LogP contribution in [0.25, 0.3) is 0 Å². The SMILES string of the molecule is CC(CC1CC1)=NCCO. The summed E-state index contributed by atoms with van der Waals surface area (Å²) >= 11 is 0. The Morgan fingerprint density at radius 2 is 2.30 bits per heavy atom. The summed E-state index contributed by atoms with van der Waals surface area (Å²) in [5.74, 6) is 0.919. The van der Waals surface area contributed by atoms with Crippen molar-refractivity contribution in [1.29, 1.82) is 0 Å². The van der Waals surface area contributed by atoms with Crippen LogP contribution in [0.4, 0.5) is 0 Å². The Labute approximate surface area is 62.0 Å². The van der Waals surface area contributed by atoms with Crippen molar-refractivity contribution < 1.29 is 5.11 Å². The fourth-order valence-electron chi connectivity index (χ4n) is 1.05. The van der Waals surface area contributed by atoms with Crippen molar-refractivity contribution in [3.8, 4) is 0 Å². The van der Waals surface area contributed by atoms with Crippen molar-refractivity contribution in [1.82, 2.24) is 0 Å². The van der Waals surface area contributed by atoms with E-state index in [1.807, 2.05) is 6.92 Å². The predicted molar refractivity (Wildman–Crippen MR) is 42.4 cm³/mol. The van der Waals surface area contributed by atoms with Crippen LogP contribution in [0.15, 0.2) is 4.99 Å². The topological polar surface area (TPSA) is 32.6 Å². The molecule has 2 nitrogen and oxygen atoms in total. The maximum atomic E-state index is 8.46. The Balaban J connectivity index is 2.11. The summed E-state index contributed by atoms with van der Waals surface area (Å²) in [7, 11) is 0. The molecule has 1 aliphatic carbocycles. The second-order valence-corrected chi connectivity index (χ2v) is 2.99. The smallest absolute Gasteiger partial charge is 0.0626 e. The lowest BCUT2D eigenvalue weighted by molar-refractivity contribution is 0.306. The highest BCUT2D eigenvalue weighted by Crippen LogP contribution is 2.32. The number of rotatable bonds is 4. The van der Waals surface area contributed by atoms with Crippen molar-refractivity contribution in [2.45, 2.75) is 26.2 Å². The highest BCUT2D eigenvalue weighted by Gasteiger charge is 2.21. The summed E-state index contributed by atoms with van der Waals surface area (Å²) in [4.78, 5) is 4.19. The van der Waals surface area contributed by atoms with Gasteiger partial charge in [0.05, 0.1) is 13.2 Å². The molecular formula is C8H15NO. The molecule has 1 N–H and O–H groups in total. The third-order valence-electron chi connectivity index (χ3n) is 1.76. The summed E-state index contributed by atoms with van der Waals surface area (Å²) in [5.41, 5.74) is 1.21. The van der Waals surface area contributed by atoms with Crippen LogP contribution in [0.1, 0.15) is 26.2 Å².